The molecule has 0 bridgehead atoms. The van der Waals surface area contributed by atoms with Crippen molar-refractivity contribution >= 4 is 11.8 Å². The van der Waals surface area contributed by atoms with Gasteiger partial charge in [-0.25, -0.2) is 4.98 Å². The lowest BCUT2D eigenvalue weighted by molar-refractivity contribution is -0.141. The fraction of sp³-hybridized carbons (Fsp3) is 0.692. The van der Waals surface area contributed by atoms with Crippen LogP contribution >= 0.6 is 0 Å². The predicted molar refractivity (Wildman–Crippen MR) is 73.2 cm³/mol. The zero-order valence-electron chi connectivity index (χ0n) is 11.8. The lowest BCUT2D eigenvalue weighted by Crippen LogP contribution is -2.23. The van der Waals surface area contributed by atoms with Crippen molar-refractivity contribution in [3.8, 4) is 0 Å². The molecule has 0 radical (unpaired) electrons. The third-order valence-corrected chi connectivity index (χ3v) is 3.26. The molecule has 1 aromatic rings. The summed E-state index contributed by atoms with van der Waals surface area (Å²) in [5, 5.41) is 5.70. The summed E-state index contributed by atoms with van der Waals surface area (Å²) in [6.07, 6.45) is -2.67. The van der Waals surface area contributed by atoms with Crippen molar-refractivity contribution in [2.75, 3.05) is 36.9 Å². The summed E-state index contributed by atoms with van der Waals surface area (Å²) in [4.78, 5) is 7.54. The summed E-state index contributed by atoms with van der Waals surface area (Å²) in [5.74, 6) is 0.576. The lowest BCUT2D eigenvalue weighted by atomic mass is 10.0. The topological polar surface area (TPSA) is 59.1 Å². The number of rotatable bonds is 5. The van der Waals surface area contributed by atoms with Gasteiger partial charge in [0.1, 0.15) is 5.82 Å². The van der Waals surface area contributed by atoms with Gasteiger partial charge in [-0.05, 0) is 25.7 Å². The number of nitrogens with one attached hydrogen (secondary N) is 2. The molecule has 2 heterocycles. The van der Waals surface area contributed by atoms with E-state index in [4.69, 9.17) is 4.74 Å². The normalized spacial score (nSPS) is 16.8. The molecule has 0 aliphatic carbocycles. The molecule has 0 spiro atoms. The first kappa shape index (κ1) is 15.8. The first-order chi connectivity index (χ1) is 9.99. The minimum absolute atomic E-state index is 0.0122. The Morgan fingerprint density at radius 1 is 1.24 bits per heavy atom. The number of hydrogen-bond acceptors (Lipinski definition) is 5. The Hall–Kier alpha value is -1.57. The molecule has 5 nitrogen and oxygen atoms in total. The van der Waals surface area contributed by atoms with Gasteiger partial charge in [-0.3, -0.25) is 0 Å². The minimum Gasteiger partial charge on any atom is -0.381 e. The van der Waals surface area contributed by atoms with Crippen molar-refractivity contribution in [2.24, 2.45) is 5.92 Å². The molecule has 118 valence electrons. The highest BCUT2D eigenvalue weighted by Crippen LogP contribution is 2.29. The van der Waals surface area contributed by atoms with Crippen LogP contribution in [0.5, 0.6) is 0 Å². The van der Waals surface area contributed by atoms with Gasteiger partial charge in [0, 0.05) is 32.4 Å². The number of hydrogen-bond donors (Lipinski definition) is 2. The van der Waals surface area contributed by atoms with Crippen LogP contribution in [0.3, 0.4) is 0 Å². The summed E-state index contributed by atoms with van der Waals surface area (Å²) in [5.41, 5.74) is -0.942. The van der Waals surface area contributed by atoms with E-state index >= 15 is 0 Å². The van der Waals surface area contributed by atoms with E-state index in [2.05, 4.69) is 20.6 Å². The molecule has 2 rings (SSSR count). The number of aromatic nitrogens is 2. The average molecular weight is 304 g/mol. The Balaban J connectivity index is 2.07. The summed E-state index contributed by atoms with van der Waals surface area (Å²) in [6, 6.07) is 0.945. The molecule has 0 unspecified atom stereocenters. The van der Waals surface area contributed by atoms with Crippen LogP contribution in [0.2, 0.25) is 0 Å². The Bertz CT molecular complexity index is 461. The van der Waals surface area contributed by atoms with Crippen LogP contribution in [0.1, 0.15) is 25.5 Å². The van der Waals surface area contributed by atoms with E-state index in [1.54, 1.807) is 6.92 Å². The summed E-state index contributed by atoms with van der Waals surface area (Å²) in [7, 11) is 0. The van der Waals surface area contributed by atoms with Crippen molar-refractivity contribution < 1.29 is 17.9 Å². The molecule has 1 aliphatic heterocycles. The van der Waals surface area contributed by atoms with Gasteiger partial charge in [0.25, 0.3) is 0 Å². The van der Waals surface area contributed by atoms with Gasteiger partial charge in [-0.2, -0.15) is 18.2 Å². The van der Waals surface area contributed by atoms with Gasteiger partial charge in [-0.1, -0.05) is 0 Å². The van der Waals surface area contributed by atoms with Crippen molar-refractivity contribution in [3.63, 3.8) is 0 Å². The first-order valence-electron chi connectivity index (χ1n) is 7.01. The van der Waals surface area contributed by atoms with Crippen LogP contribution in [-0.4, -0.2) is 36.3 Å². The Morgan fingerprint density at radius 2 is 1.95 bits per heavy atom. The largest absolute Gasteiger partial charge is 0.433 e. The fourth-order valence-electron chi connectivity index (χ4n) is 2.12. The molecule has 1 fully saturated rings. The molecule has 1 saturated heterocycles. The lowest BCUT2D eigenvalue weighted by Gasteiger charge is -2.22. The van der Waals surface area contributed by atoms with Crippen molar-refractivity contribution in [2.45, 2.75) is 25.9 Å². The first-order valence-corrected chi connectivity index (χ1v) is 7.01. The molecule has 0 atom stereocenters. The van der Waals surface area contributed by atoms with Gasteiger partial charge in [-0.15, -0.1) is 0 Å². The molecule has 0 amide bonds. The van der Waals surface area contributed by atoms with Gasteiger partial charge in [0.2, 0.25) is 5.95 Å². The highest BCUT2D eigenvalue weighted by atomic mass is 19.4. The highest BCUT2D eigenvalue weighted by molar-refractivity contribution is 5.43. The Kier molecular flexibility index (Phi) is 5.22. The van der Waals surface area contributed by atoms with Crippen molar-refractivity contribution in [1.82, 2.24) is 9.97 Å². The van der Waals surface area contributed by atoms with Gasteiger partial charge in [0.15, 0.2) is 5.69 Å². The van der Waals surface area contributed by atoms with Gasteiger partial charge >= 0.3 is 6.18 Å². The van der Waals surface area contributed by atoms with E-state index in [9.17, 15) is 13.2 Å². The number of alkyl halides is 3. The quantitative estimate of drug-likeness (QED) is 0.876. The molecule has 1 aromatic heterocycles. The van der Waals surface area contributed by atoms with E-state index in [1.807, 2.05) is 0 Å². The van der Waals surface area contributed by atoms with E-state index in [0.29, 0.717) is 32.2 Å². The van der Waals surface area contributed by atoms with E-state index < -0.39 is 11.9 Å². The van der Waals surface area contributed by atoms with Crippen molar-refractivity contribution in [1.29, 1.82) is 0 Å². The molecule has 1 aliphatic rings. The summed E-state index contributed by atoms with van der Waals surface area (Å²) < 4.78 is 43.7. The second-order valence-corrected chi connectivity index (χ2v) is 4.93. The smallest absolute Gasteiger partial charge is 0.381 e. The maximum atomic E-state index is 12.8. The number of nitrogens with zero attached hydrogens (tertiary/aromatic N) is 2. The summed E-state index contributed by atoms with van der Waals surface area (Å²) in [6.45, 7) is 4.22. The average Bonchev–Trinajstić information content (AvgIpc) is 2.45. The Labute approximate surface area is 121 Å². The molecular weight excluding hydrogens is 285 g/mol. The van der Waals surface area contributed by atoms with Crippen LogP contribution < -0.4 is 10.6 Å². The molecule has 0 aromatic carbocycles. The second kappa shape index (κ2) is 6.93. The second-order valence-electron chi connectivity index (χ2n) is 4.93. The zero-order chi connectivity index (χ0) is 15.3. The molecule has 8 heteroatoms. The third-order valence-electron chi connectivity index (χ3n) is 3.26. The third kappa shape index (κ3) is 4.73. The molecule has 2 N–H and O–H groups in total. The highest BCUT2D eigenvalue weighted by Gasteiger charge is 2.33. The van der Waals surface area contributed by atoms with Crippen LogP contribution in [0.25, 0.3) is 0 Å². The summed E-state index contributed by atoms with van der Waals surface area (Å²) >= 11 is 0. The Morgan fingerprint density at radius 3 is 2.57 bits per heavy atom. The number of anilines is 2. The van der Waals surface area contributed by atoms with Gasteiger partial charge in [0.05, 0.1) is 0 Å². The van der Waals surface area contributed by atoms with E-state index in [0.717, 1.165) is 18.9 Å². The maximum Gasteiger partial charge on any atom is 0.433 e. The van der Waals surface area contributed by atoms with E-state index in [1.165, 1.54) is 0 Å². The minimum atomic E-state index is -4.48. The van der Waals surface area contributed by atoms with Gasteiger partial charge < -0.3 is 15.4 Å². The maximum absolute atomic E-state index is 12.8. The molecule has 21 heavy (non-hydrogen) atoms. The number of halogens is 3. The monoisotopic (exact) mass is 304 g/mol. The van der Waals surface area contributed by atoms with Crippen LogP contribution in [-0.2, 0) is 10.9 Å². The molecule has 0 saturated carbocycles. The van der Waals surface area contributed by atoms with Crippen LogP contribution in [0.4, 0.5) is 24.9 Å². The van der Waals surface area contributed by atoms with Crippen molar-refractivity contribution in [3.05, 3.63) is 11.8 Å². The SMILES string of the molecule is CCNc1nc(NCC2CCOCC2)cc(C(F)(F)F)n1. The number of ether oxygens (including phenoxy) is 1. The zero-order valence-corrected chi connectivity index (χ0v) is 11.8. The molecular formula is C13H19F3N4O. The predicted octanol–water partition coefficient (Wildman–Crippen LogP) is 2.77. The van der Waals surface area contributed by atoms with E-state index in [-0.39, 0.29) is 11.8 Å². The van der Waals surface area contributed by atoms with Crippen LogP contribution in [0, 0.1) is 5.92 Å². The van der Waals surface area contributed by atoms with Crippen LogP contribution in [0.15, 0.2) is 6.07 Å². The standard InChI is InChI=1S/C13H19F3N4O/c1-2-17-12-19-10(13(14,15)16)7-11(20-12)18-8-9-3-5-21-6-4-9/h7,9H,2-6,8H2,1H3,(H2,17,18,19,20). The fourth-order valence-corrected chi connectivity index (χ4v) is 2.12.